The molecular weight excluding hydrogens is 500 g/mol. The second-order valence-corrected chi connectivity index (χ2v) is 8.48. The van der Waals surface area contributed by atoms with E-state index in [4.69, 9.17) is 9.47 Å². The number of carbonyl (C=O) groups is 3. The van der Waals surface area contributed by atoms with Gasteiger partial charge < -0.3 is 9.47 Å². The number of ether oxygens (including phenoxy) is 2. The van der Waals surface area contributed by atoms with Crippen LogP contribution in [0.3, 0.4) is 0 Å². The number of nitrogens with one attached hydrogen (secondary N) is 1. The van der Waals surface area contributed by atoms with E-state index in [0.29, 0.717) is 29.4 Å². The van der Waals surface area contributed by atoms with Crippen LogP contribution in [0, 0.1) is 6.92 Å². The average molecular weight is 521 g/mol. The molecule has 4 amide bonds. The van der Waals surface area contributed by atoms with Crippen molar-refractivity contribution < 1.29 is 23.9 Å². The summed E-state index contributed by atoms with van der Waals surface area (Å²) in [7, 11) is 1.51. The highest BCUT2D eigenvalue weighted by atomic mass is 79.9. The van der Waals surface area contributed by atoms with Gasteiger partial charge in [0, 0.05) is 4.47 Å². The fraction of sp³-hybridized carbons (Fsp3) is 0.115. The zero-order valence-electron chi connectivity index (χ0n) is 18.5. The number of benzene rings is 3. The van der Waals surface area contributed by atoms with E-state index in [-0.39, 0.29) is 5.57 Å². The average Bonchev–Trinajstić information content (AvgIpc) is 2.82. The van der Waals surface area contributed by atoms with Crippen molar-refractivity contribution in [2.45, 2.75) is 13.5 Å². The van der Waals surface area contributed by atoms with Crippen LogP contribution in [0.2, 0.25) is 0 Å². The van der Waals surface area contributed by atoms with Gasteiger partial charge in [-0.25, -0.2) is 9.69 Å². The molecule has 1 aliphatic heterocycles. The van der Waals surface area contributed by atoms with Gasteiger partial charge in [0.05, 0.1) is 12.8 Å². The summed E-state index contributed by atoms with van der Waals surface area (Å²) in [5.41, 5.74) is 2.90. The molecule has 0 unspecified atom stereocenters. The summed E-state index contributed by atoms with van der Waals surface area (Å²) in [6, 6.07) is 18.8. The molecule has 0 saturated carbocycles. The first-order valence-corrected chi connectivity index (χ1v) is 11.2. The van der Waals surface area contributed by atoms with Gasteiger partial charge in [-0.1, -0.05) is 46.3 Å². The van der Waals surface area contributed by atoms with Crippen molar-refractivity contribution in [1.82, 2.24) is 5.32 Å². The molecule has 0 bridgehead atoms. The Hall–Kier alpha value is -3.91. The van der Waals surface area contributed by atoms with Crippen LogP contribution in [-0.4, -0.2) is 25.0 Å². The molecule has 3 aromatic carbocycles. The molecule has 1 aliphatic rings. The minimum atomic E-state index is -0.799. The quantitative estimate of drug-likeness (QED) is 0.364. The maximum Gasteiger partial charge on any atom is 0.335 e. The lowest BCUT2D eigenvalue weighted by Crippen LogP contribution is -2.54. The molecule has 172 valence electrons. The second kappa shape index (κ2) is 9.93. The summed E-state index contributed by atoms with van der Waals surface area (Å²) in [6.07, 6.45) is 1.42. The van der Waals surface area contributed by atoms with Crippen molar-refractivity contribution in [1.29, 1.82) is 0 Å². The van der Waals surface area contributed by atoms with Crippen LogP contribution >= 0.6 is 15.9 Å². The van der Waals surface area contributed by atoms with Crippen LogP contribution in [0.15, 0.2) is 76.8 Å². The Bertz CT molecular complexity index is 1300. The standard InChI is InChI=1S/C26H21BrN2O5/c1-16-5-3-4-6-18(16)15-34-22-12-7-17(14-23(22)33-2)13-21-24(30)28-26(32)29(25(21)31)20-10-8-19(27)9-11-20/h3-14H,15H2,1-2H3,(H,28,30,32)/b21-13-. The molecule has 0 spiro atoms. The van der Waals surface area contributed by atoms with Crippen LogP contribution < -0.4 is 19.7 Å². The van der Waals surface area contributed by atoms with Crippen LogP contribution in [0.5, 0.6) is 11.5 Å². The Morgan fingerprint density at radius 1 is 0.971 bits per heavy atom. The van der Waals surface area contributed by atoms with E-state index < -0.39 is 17.8 Å². The number of aryl methyl sites for hydroxylation is 1. The van der Waals surface area contributed by atoms with E-state index >= 15 is 0 Å². The van der Waals surface area contributed by atoms with E-state index in [9.17, 15) is 14.4 Å². The Morgan fingerprint density at radius 3 is 2.41 bits per heavy atom. The Labute approximate surface area is 205 Å². The van der Waals surface area contributed by atoms with Gasteiger partial charge >= 0.3 is 6.03 Å². The lowest BCUT2D eigenvalue weighted by Gasteiger charge is -2.26. The first-order chi connectivity index (χ1) is 16.4. The van der Waals surface area contributed by atoms with E-state index in [2.05, 4.69) is 21.2 Å². The van der Waals surface area contributed by atoms with Crippen molar-refractivity contribution in [3.63, 3.8) is 0 Å². The third-order valence-electron chi connectivity index (χ3n) is 5.33. The Morgan fingerprint density at radius 2 is 1.71 bits per heavy atom. The minimum Gasteiger partial charge on any atom is -0.493 e. The number of rotatable bonds is 6. The lowest BCUT2D eigenvalue weighted by molar-refractivity contribution is -0.122. The lowest BCUT2D eigenvalue weighted by atomic mass is 10.1. The first kappa shape index (κ1) is 23.3. The van der Waals surface area contributed by atoms with Gasteiger partial charge in [-0.2, -0.15) is 0 Å². The zero-order chi connectivity index (χ0) is 24.2. The number of nitrogens with zero attached hydrogens (tertiary/aromatic N) is 1. The predicted octanol–water partition coefficient (Wildman–Crippen LogP) is 5.01. The highest BCUT2D eigenvalue weighted by Gasteiger charge is 2.36. The molecule has 7 nitrogen and oxygen atoms in total. The molecule has 0 aromatic heterocycles. The summed E-state index contributed by atoms with van der Waals surface area (Å²) in [5.74, 6) is -0.497. The highest BCUT2D eigenvalue weighted by molar-refractivity contribution is 9.10. The number of urea groups is 1. The topological polar surface area (TPSA) is 84.9 Å². The predicted molar refractivity (Wildman–Crippen MR) is 132 cm³/mol. The monoisotopic (exact) mass is 520 g/mol. The summed E-state index contributed by atoms with van der Waals surface area (Å²) >= 11 is 3.32. The van der Waals surface area contributed by atoms with Crippen LogP contribution in [0.1, 0.15) is 16.7 Å². The van der Waals surface area contributed by atoms with Crippen molar-refractivity contribution in [2.24, 2.45) is 0 Å². The molecule has 1 heterocycles. The van der Waals surface area contributed by atoms with Crippen molar-refractivity contribution in [2.75, 3.05) is 12.0 Å². The molecule has 34 heavy (non-hydrogen) atoms. The van der Waals surface area contributed by atoms with E-state index in [1.54, 1.807) is 42.5 Å². The third kappa shape index (κ3) is 4.87. The molecule has 3 aromatic rings. The Kier molecular flexibility index (Phi) is 6.79. The molecule has 0 aliphatic carbocycles. The number of amides is 4. The number of carbonyl (C=O) groups excluding carboxylic acids is 3. The molecular formula is C26H21BrN2O5. The molecule has 0 radical (unpaired) electrons. The van der Waals surface area contributed by atoms with Gasteiger partial charge in [0.2, 0.25) is 0 Å². The number of methoxy groups -OCH3 is 1. The molecule has 1 N–H and O–H groups in total. The zero-order valence-corrected chi connectivity index (χ0v) is 20.1. The van der Waals surface area contributed by atoms with Crippen molar-refractivity contribution >= 4 is 45.5 Å². The van der Waals surface area contributed by atoms with Crippen LogP contribution in [-0.2, 0) is 16.2 Å². The second-order valence-electron chi connectivity index (χ2n) is 7.56. The normalized spacial score (nSPS) is 14.9. The fourth-order valence-electron chi connectivity index (χ4n) is 3.47. The number of imide groups is 2. The number of barbiturate groups is 1. The number of hydrogen-bond donors (Lipinski definition) is 1. The number of hydrogen-bond acceptors (Lipinski definition) is 5. The minimum absolute atomic E-state index is 0.168. The van der Waals surface area contributed by atoms with Crippen molar-refractivity contribution in [3.05, 3.63) is 93.5 Å². The van der Waals surface area contributed by atoms with Gasteiger partial charge in [0.15, 0.2) is 11.5 Å². The van der Waals surface area contributed by atoms with E-state index in [0.717, 1.165) is 20.5 Å². The van der Waals surface area contributed by atoms with Crippen LogP contribution in [0.4, 0.5) is 10.5 Å². The molecule has 0 atom stereocenters. The van der Waals surface area contributed by atoms with Crippen LogP contribution in [0.25, 0.3) is 6.08 Å². The first-order valence-electron chi connectivity index (χ1n) is 10.4. The molecule has 4 rings (SSSR count). The maximum absolute atomic E-state index is 13.1. The number of halogens is 1. The summed E-state index contributed by atoms with van der Waals surface area (Å²) < 4.78 is 12.2. The maximum atomic E-state index is 13.1. The summed E-state index contributed by atoms with van der Waals surface area (Å²) in [4.78, 5) is 38.8. The van der Waals surface area contributed by atoms with Gasteiger partial charge in [-0.15, -0.1) is 0 Å². The Balaban J connectivity index is 1.60. The molecule has 1 fully saturated rings. The van der Waals surface area contributed by atoms with E-state index in [1.807, 2.05) is 31.2 Å². The molecule has 1 saturated heterocycles. The van der Waals surface area contributed by atoms with Gasteiger partial charge in [0.1, 0.15) is 12.2 Å². The van der Waals surface area contributed by atoms with Crippen molar-refractivity contribution in [3.8, 4) is 11.5 Å². The summed E-state index contributed by atoms with van der Waals surface area (Å²) in [6.45, 7) is 2.38. The fourth-order valence-corrected chi connectivity index (χ4v) is 3.73. The number of anilines is 1. The third-order valence-corrected chi connectivity index (χ3v) is 5.86. The van der Waals surface area contributed by atoms with Gasteiger partial charge in [-0.3, -0.25) is 14.9 Å². The highest BCUT2D eigenvalue weighted by Crippen LogP contribution is 2.31. The largest absolute Gasteiger partial charge is 0.493 e. The smallest absolute Gasteiger partial charge is 0.335 e. The summed E-state index contributed by atoms with van der Waals surface area (Å²) in [5, 5.41) is 2.22. The van der Waals surface area contributed by atoms with E-state index in [1.165, 1.54) is 13.2 Å². The van der Waals surface area contributed by atoms with Gasteiger partial charge in [-0.05, 0) is 66.1 Å². The van der Waals surface area contributed by atoms with Gasteiger partial charge in [0.25, 0.3) is 11.8 Å². The SMILES string of the molecule is COc1cc(/C=C2/C(=O)NC(=O)N(c3ccc(Br)cc3)C2=O)ccc1OCc1ccccc1C. The molecule has 8 heteroatoms.